The molecule has 0 saturated carbocycles. The molecule has 2 atom stereocenters. The summed E-state index contributed by atoms with van der Waals surface area (Å²) in [4.78, 5) is 24.3. The van der Waals surface area contributed by atoms with E-state index in [1.54, 1.807) is 11.8 Å². The minimum Gasteiger partial charge on any atom is -0.356 e. The summed E-state index contributed by atoms with van der Waals surface area (Å²) in [6.45, 7) is 5.36. The minimum absolute atomic E-state index is 0.00697. The van der Waals surface area contributed by atoms with Gasteiger partial charge in [0.1, 0.15) is 0 Å². The van der Waals surface area contributed by atoms with Crippen LogP contribution in [0, 0.1) is 5.92 Å². The number of nitrogens with two attached hydrogens (primary N) is 1. The summed E-state index contributed by atoms with van der Waals surface area (Å²) in [6.07, 6.45) is 2.05. The highest BCUT2D eigenvalue weighted by Gasteiger charge is 2.25. The molecule has 16 heavy (non-hydrogen) atoms. The molecule has 0 aromatic heterocycles. The summed E-state index contributed by atoms with van der Waals surface area (Å²) in [5, 5.41) is 2.80. The molecule has 5 nitrogen and oxygen atoms in total. The Hall–Kier alpha value is -1.10. The molecule has 0 aliphatic carbocycles. The van der Waals surface area contributed by atoms with Crippen LogP contribution in [0.25, 0.3) is 0 Å². The number of piperidine rings is 1. The quantitative estimate of drug-likeness (QED) is 0.695. The van der Waals surface area contributed by atoms with E-state index in [0.717, 1.165) is 19.4 Å². The first-order valence-electron chi connectivity index (χ1n) is 5.79. The number of hydrogen-bond donors (Lipinski definition) is 2. The second kappa shape index (κ2) is 5.84. The van der Waals surface area contributed by atoms with Gasteiger partial charge in [-0.15, -0.1) is 0 Å². The Morgan fingerprint density at radius 2 is 2.25 bits per heavy atom. The molecule has 0 aromatic rings. The second-order valence-corrected chi connectivity index (χ2v) is 4.52. The van der Waals surface area contributed by atoms with Crippen LogP contribution >= 0.6 is 0 Å². The monoisotopic (exact) mass is 227 g/mol. The summed E-state index contributed by atoms with van der Waals surface area (Å²) in [5.74, 6) is 0.350. The van der Waals surface area contributed by atoms with E-state index in [4.69, 9.17) is 5.73 Å². The van der Waals surface area contributed by atoms with Gasteiger partial charge in [0.25, 0.3) is 0 Å². The van der Waals surface area contributed by atoms with E-state index in [1.165, 1.54) is 6.92 Å². The van der Waals surface area contributed by atoms with Gasteiger partial charge in [0.05, 0.1) is 6.04 Å². The molecular weight excluding hydrogens is 206 g/mol. The van der Waals surface area contributed by atoms with Crippen molar-refractivity contribution in [3.63, 3.8) is 0 Å². The summed E-state index contributed by atoms with van der Waals surface area (Å²) < 4.78 is 0. The smallest absolute Gasteiger partial charge is 0.239 e. The molecule has 1 fully saturated rings. The zero-order chi connectivity index (χ0) is 12.1. The zero-order valence-corrected chi connectivity index (χ0v) is 10.0. The van der Waals surface area contributed by atoms with Crippen molar-refractivity contribution in [3.05, 3.63) is 0 Å². The van der Waals surface area contributed by atoms with Crippen LogP contribution in [0.2, 0.25) is 0 Å². The van der Waals surface area contributed by atoms with Crippen LogP contribution in [0.4, 0.5) is 0 Å². The van der Waals surface area contributed by atoms with E-state index < -0.39 is 6.04 Å². The van der Waals surface area contributed by atoms with Crippen molar-refractivity contribution in [3.8, 4) is 0 Å². The van der Waals surface area contributed by atoms with Crippen molar-refractivity contribution < 1.29 is 9.59 Å². The molecule has 0 radical (unpaired) electrons. The van der Waals surface area contributed by atoms with Gasteiger partial charge in [0.15, 0.2) is 0 Å². The third kappa shape index (κ3) is 3.81. The van der Waals surface area contributed by atoms with Crippen molar-refractivity contribution >= 4 is 11.8 Å². The zero-order valence-electron chi connectivity index (χ0n) is 10.0. The molecule has 5 heteroatoms. The Labute approximate surface area is 96.4 Å². The van der Waals surface area contributed by atoms with E-state index in [-0.39, 0.29) is 11.8 Å². The van der Waals surface area contributed by atoms with Crippen molar-refractivity contribution in [2.75, 3.05) is 19.6 Å². The van der Waals surface area contributed by atoms with Crippen LogP contribution in [-0.4, -0.2) is 42.4 Å². The summed E-state index contributed by atoms with van der Waals surface area (Å²) in [6, 6.07) is -0.431. The van der Waals surface area contributed by atoms with E-state index in [2.05, 4.69) is 5.32 Å². The topological polar surface area (TPSA) is 75.4 Å². The van der Waals surface area contributed by atoms with Crippen LogP contribution in [0.5, 0.6) is 0 Å². The molecule has 0 bridgehead atoms. The predicted molar refractivity (Wildman–Crippen MR) is 61.6 cm³/mol. The first kappa shape index (κ1) is 13.0. The van der Waals surface area contributed by atoms with E-state index in [1.807, 2.05) is 0 Å². The van der Waals surface area contributed by atoms with Crippen molar-refractivity contribution in [1.82, 2.24) is 10.2 Å². The van der Waals surface area contributed by atoms with Gasteiger partial charge in [0, 0.05) is 26.6 Å². The summed E-state index contributed by atoms with van der Waals surface area (Å²) in [7, 11) is 0. The SMILES string of the molecule is CC(=O)NC[C@@H]1CCCN(C(=O)[C@H](C)N)C1. The van der Waals surface area contributed by atoms with Crippen molar-refractivity contribution in [2.45, 2.75) is 32.7 Å². The Morgan fingerprint density at radius 3 is 2.81 bits per heavy atom. The largest absolute Gasteiger partial charge is 0.356 e. The lowest BCUT2D eigenvalue weighted by atomic mass is 9.97. The van der Waals surface area contributed by atoms with E-state index >= 15 is 0 Å². The summed E-state index contributed by atoms with van der Waals surface area (Å²) >= 11 is 0. The molecular formula is C11H21N3O2. The molecule has 0 spiro atoms. The maximum absolute atomic E-state index is 11.7. The lowest BCUT2D eigenvalue weighted by molar-refractivity contribution is -0.133. The molecule has 1 aliphatic heterocycles. The molecule has 1 rings (SSSR count). The first-order chi connectivity index (χ1) is 7.50. The van der Waals surface area contributed by atoms with Gasteiger partial charge in [-0.25, -0.2) is 0 Å². The highest BCUT2D eigenvalue weighted by atomic mass is 16.2. The predicted octanol–water partition coefficient (Wildman–Crippen LogP) is -0.292. The highest BCUT2D eigenvalue weighted by molar-refractivity contribution is 5.81. The number of rotatable bonds is 3. The van der Waals surface area contributed by atoms with Gasteiger partial charge < -0.3 is 16.0 Å². The maximum Gasteiger partial charge on any atom is 0.239 e. The van der Waals surface area contributed by atoms with Gasteiger partial charge in [0.2, 0.25) is 11.8 Å². The fraction of sp³-hybridized carbons (Fsp3) is 0.818. The molecule has 1 aliphatic rings. The number of nitrogens with zero attached hydrogens (tertiary/aromatic N) is 1. The van der Waals surface area contributed by atoms with Gasteiger partial charge >= 0.3 is 0 Å². The van der Waals surface area contributed by atoms with Crippen LogP contribution in [0.15, 0.2) is 0 Å². The number of likely N-dealkylation sites (tertiary alicyclic amines) is 1. The average molecular weight is 227 g/mol. The lowest BCUT2D eigenvalue weighted by Gasteiger charge is -2.33. The van der Waals surface area contributed by atoms with Crippen molar-refractivity contribution in [2.24, 2.45) is 11.7 Å². The van der Waals surface area contributed by atoms with E-state index in [9.17, 15) is 9.59 Å². The molecule has 0 aromatic carbocycles. The standard InChI is InChI=1S/C11H21N3O2/c1-8(12)11(16)14-5-3-4-10(7-14)6-13-9(2)15/h8,10H,3-7,12H2,1-2H3,(H,13,15)/t8-,10-/m0/s1. The average Bonchev–Trinajstić information content (AvgIpc) is 2.25. The Morgan fingerprint density at radius 1 is 1.56 bits per heavy atom. The number of carbonyl (C=O) groups excluding carboxylic acids is 2. The van der Waals surface area contributed by atoms with Crippen LogP contribution in [0.3, 0.4) is 0 Å². The number of carbonyl (C=O) groups is 2. The second-order valence-electron chi connectivity index (χ2n) is 4.52. The van der Waals surface area contributed by atoms with Gasteiger partial charge in [-0.1, -0.05) is 0 Å². The number of nitrogens with one attached hydrogen (secondary N) is 1. The normalized spacial score (nSPS) is 22.7. The molecule has 1 heterocycles. The molecule has 92 valence electrons. The fourth-order valence-corrected chi connectivity index (χ4v) is 2.01. The lowest BCUT2D eigenvalue weighted by Crippen LogP contribution is -2.48. The van der Waals surface area contributed by atoms with Crippen molar-refractivity contribution in [1.29, 1.82) is 0 Å². The van der Waals surface area contributed by atoms with Crippen LogP contribution in [-0.2, 0) is 9.59 Å². The van der Waals surface area contributed by atoms with Gasteiger partial charge in [-0.3, -0.25) is 9.59 Å². The third-order valence-corrected chi connectivity index (χ3v) is 2.86. The van der Waals surface area contributed by atoms with Gasteiger partial charge in [-0.2, -0.15) is 0 Å². The molecule has 3 N–H and O–H groups in total. The molecule has 2 amide bonds. The van der Waals surface area contributed by atoms with E-state index in [0.29, 0.717) is 19.0 Å². The van der Waals surface area contributed by atoms with Crippen LogP contribution < -0.4 is 11.1 Å². The van der Waals surface area contributed by atoms with Crippen LogP contribution in [0.1, 0.15) is 26.7 Å². The fourth-order valence-electron chi connectivity index (χ4n) is 2.01. The first-order valence-corrected chi connectivity index (χ1v) is 5.79. The third-order valence-electron chi connectivity index (χ3n) is 2.86. The number of hydrogen-bond acceptors (Lipinski definition) is 3. The highest BCUT2D eigenvalue weighted by Crippen LogP contribution is 2.16. The minimum atomic E-state index is -0.431. The number of amides is 2. The Bertz CT molecular complexity index is 266. The maximum atomic E-state index is 11.7. The molecule has 0 unspecified atom stereocenters. The molecule has 1 saturated heterocycles. The Balaban J connectivity index is 2.41. The Kier molecular flexibility index (Phi) is 4.73. The summed E-state index contributed by atoms with van der Waals surface area (Å²) in [5.41, 5.74) is 5.57. The van der Waals surface area contributed by atoms with Gasteiger partial charge in [-0.05, 0) is 25.7 Å².